The molecule has 0 aliphatic rings. The highest BCUT2D eigenvalue weighted by molar-refractivity contribution is 5.12. The van der Waals surface area contributed by atoms with E-state index in [1.165, 1.54) is 5.57 Å². The van der Waals surface area contributed by atoms with Gasteiger partial charge in [-0.2, -0.15) is 0 Å². The molecule has 12 heavy (non-hydrogen) atoms. The molecule has 0 N–H and O–H groups in total. The van der Waals surface area contributed by atoms with E-state index in [0.29, 0.717) is 11.7 Å². The predicted molar refractivity (Wildman–Crippen MR) is 53.9 cm³/mol. The third-order valence-electron chi connectivity index (χ3n) is 1.44. The zero-order valence-electron chi connectivity index (χ0n) is 8.42. The van der Waals surface area contributed by atoms with Gasteiger partial charge in [0.25, 0.3) is 0 Å². The third-order valence-corrected chi connectivity index (χ3v) is 1.44. The van der Waals surface area contributed by atoms with Crippen molar-refractivity contribution < 1.29 is 4.74 Å². The van der Waals surface area contributed by atoms with Gasteiger partial charge in [-0.05, 0) is 25.8 Å². The number of hydrogen-bond acceptors (Lipinski definition) is 1. The zero-order valence-corrected chi connectivity index (χ0v) is 8.42. The lowest BCUT2D eigenvalue weighted by Gasteiger charge is -2.00. The maximum atomic E-state index is 4.90. The summed E-state index contributed by atoms with van der Waals surface area (Å²) in [4.78, 5) is 0. The lowest BCUT2D eigenvalue weighted by molar-refractivity contribution is 0.308. The molecule has 0 saturated carbocycles. The van der Waals surface area contributed by atoms with E-state index in [-0.39, 0.29) is 0 Å². The molecule has 0 aromatic rings. The molecule has 0 amide bonds. The second-order valence-electron chi connectivity index (χ2n) is 3.13. The van der Waals surface area contributed by atoms with Crippen molar-refractivity contribution in [3.63, 3.8) is 0 Å². The van der Waals surface area contributed by atoms with Gasteiger partial charge in [-0.1, -0.05) is 31.2 Å². The van der Waals surface area contributed by atoms with Crippen LogP contribution in [0.25, 0.3) is 0 Å². The Labute approximate surface area is 75.4 Å². The monoisotopic (exact) mass is 166 g/mol. The summed E-state index contributed by atoms with van der Waals surface area (Å²) in [5.41, 5.74) is 1.33. The summed E-state index contributed by atoms with van der Waals surface area (Å²) >= 11 is 0. The van der Waals surface area contributed by atoms with Crippen LogP contribution in [0.2, 0.25) is 0 Å². The SMILES string of the molecule is C=C(C=CC(C)C=C(C)C)OC. The van der Waals surface area contributed by atoms with Gasteiger partial charge < -0.3 is 4.74 Å². The first-order valence-corrected chi connectivity index (χ1v) is 4.12. The minimum atomic E-state index is 0.446. The van der Waals surface area contributed by atoms with Gasteiger partial charge in [-0.15, -0.1) is 0 Å². The Hall–Kier alpha value is -0.980. The Morgan fingerprint density at radius 1 is 1.42 bits per heavy atom. The lowest BCUT2D eigenvalue weighted by Crippen LogP contribution is -1.85. The Balaban J connectivity index is 4.00. The van der Waals surface area contributed by atoms with Crippen LogP contribution in [-0.2, 0) is 4.74 Å². The summed E-state index contributed by atoms with van der Waals surface area (Å²) in [7, 11) is 1.62. The molecule has 1 nitrogen and oxygen atoms in total. The topological polar surface area (TPSA) is 9.23 Å². The Morgan fingerprint density at radius 2 is 2.00 bits per heavy atom. The summed E-state index contributed by atoms with van der Waals surface area (Å²) in [5.74, 6) is 1.14. The van der Waals surface area contributed by atoms with Crippen LogP contribution in [0.3, 0.4) is 0 Å². The van der Waals surface area contributed by atoms with Crippen LogP contribution < -0.4 is 0 Å². The van der Waals surface area contributed by atoms with Gasteiger partial charge in [0, 0.05) is 0 Å². The molecule has 0 bridgehead atoms. The fourth-order valence-corrected chi connectivity index (χ4v) is 0.908. The van der Waals surface area contributed by atoms with E-state index >= 15 is 0 Å². The molecule has 0 rings (SSSR count). The summed E-state index contributed by atoms with van der Waals surface area (Å²) in [6.07, 6.45) is 6.16. The van der Waals surface area contributed by atoms with Gasteiger partial charge in [0.05, 0.1) is 7.11 Å². The van der Waals surface area contributed by atoms with Crippen LogP contribution in [0, 0.1) is 5.92 Å². The molecule has 0 fully saturated rings. The van der Waals surface area contributed by atoms with Gasteiger partial charge in [0.1, 0.15) is 5.76 Å². The minimum absolute atomic E-state index is 0.446. The van der Waals surface area contributed by atoms with Crippen LogP contribution in [-0.4, -0.2) is 7.11 Å². The Bertz CT molecular complexity index is 195. The highest BCUT2D eigenvalue weighted by Gasteiger charge is 1.90. The van der Waals surface area contributed by atoms with Gasteiger partial charge in [-0.3, -0.25) is 0 Å². The van der Waals surface area contributed by atoms with E-state index < -0.39 is 0 Å². The maximum Gasteiger partial charge on any atom is 0.111 e. The second kappa shape index (κ2) is 5.64. The smallest absolute Gasteiger partial charge is 0.111 e. The van der Waals surface area contributed by atoms with Crippen molar-refractivity contribution in [3.8, 4) is 0 Å². The van der Waals surface area contributed by atoms with E-state index in [9.17, 15) is 0 Å². The lowest BCUT2D eigenvalue weighted by atomic mass is 10.1. The summed E-state index contributed by atoms with van der Waals surface area (Å²) < 4.78 is 4.90. The molecule has 1 unspecified atom stereocenters. The molecule has 1 atom stereocenters. The van der Waals surface area contributed by atoms with E-state index in [1.54, 1.807) is 7.11 Å². The summed E-state index contributed by atoms with van der Waals surface area (Å²) in [5, 5.41) is 0. The molecular weight excluding hydrogens is 148 g/mol. The average molecular weight is 166 g/mol. The van der Waals surface area contributed by atoms with E-state index in [4.69, 9.17) is 4.74 Å². The van der Waals surface area contributed by atoms with Gasteiger partial charge >= 0.3 is 0 Å². The van der Waals surface area contributed by atoms with Crippen molar-refractivity contribution in [2.24, 2.45) is 5.92 Å². The van der Waals surface area contributed by atoms with Crippen LogP contribution in [0.5, 0.6) is 0 Å². The predicted octanol–water partition coefficient (Wildman–Crippen LogP) is 3.31. The van der Waals surface area contributed by atoms with Crippen molar-refractivity contribution in [2.45, 2.75) is 20.8 Å². The molecule has 0 aliphatic carbocycles. The molecule has 0 aromatic carbocycles. The molecular formula is C11H18O. The summed E-state index contributed by atoms with van der Waals surface area (Å²) in [6, 6.07) is 0. The molecule has 0 radical (unpaired) electrons. The van der Waals surface area contributed by atoms with Crippen molar-refractivity contribution in [3.05, 3.63) is 36.1 Å². The molecule has 0 heterocycles. The van der Waals surface area contributed by atoms with Crippen molar-refractivity contribution >= 4 is 0 Å². The highest BCUT2D eigenvalue weighted by atomic mass is 16.5. The fraction of sp³-hybridized carbons (Fsp3) is 0.455. The number of ether oxygens (including phenoxy) is 1. The zero-order chi connectivity index (χ0) is 9.56. The average Bonchev–Trinajstić information content (AvgIpc) is 1.99. The van der Waals surface area contributed by atoms with Gasteiger partial charge in [0.2, 0.25) is 0 Å². The number of rotatable bonds is 4. The largest absolute Gasteiger partial charge is 0.497 e. The van der Waals surface area contributed by atoms with Crippen LogP contribution in [0.4, 0.5) is 0 Å². The number of allylic oxidation sites excluding steroid dienone is 4. The van der Waals surface area contributed by atoms with E-state index in [0.717, 1.165) is 0 Å². The first-order valence-electron chi connectivity index (χ1n) is 4.12. The maximum absolute atomic E-state index is 4.90. The number of hydrogen-bond donors (Lipinski definition) is 0. The summed E-state index contributed by atoms with van der Waals surface area (Å²) in [6.45, 7) is 10.0. The van der Waals surface area contributed by atoms with Crippen molar-refractivity contribution in [2.75, 3.05) is 7.11 Å². The molecule has 0 aliphatic heterocycles. The van der Waals surface area contributed by atoms with Gasteiger partial charge in [0.15, 0.2) is 0 Å². The second-order valence-corrected chi connectivity index (χ2v) is 3.13. The Morgan fingerprint density at radius 3 is 2.42 bits per heavy atom. The molecule has 68 valence electrons. The van der Waals surface area contributed by atoms with Gasteiger partial charge in [-0.25, -0.2) is 0 Å². The normalized spacial score (nSPS) is 12.7. The molecule has 1 heteroatoms. The fourth-order valence-electron chi connectivity index (χ4n) is 0.908. The highest BCUT2D eigenvalue weighted by Crippen LogP contribution is 2.05. The Kier molecular flexibility index (Phi) is 5.18. The first-order chi connectivity index (χ1) is 5.56. The molecule has 0 aromatic heterocycles. The first kappa shape index (κ1) is 11.0. The quantitative estimate of drug-likeness (QED) is 0.354. The van der Waals surface area contributed by atoms with Crippen LogP contribution >= 0.6 is 0 Å². The molecule has 0 spiro atoms. The van der Waals surface area contributed by atoms with Crippen molar-refractivity contribution in [1.29, 1.82) is 0 Å². The van der Waals surface area contributed by atoms with Crippen LogP contribution in [0.15, 0.2) is 36.1 Å². The standard InChI is InChI=1S/C11H18O/c1-9(2)8-10(3)6-7-11(4)12-5/h6-8,10H,4H2,1-3,5H3. The number of methoxy groups -OCH3 is 1. The van der Waals surface area contributed by atoms with E-state index in [2.05, 4.69) is 39.5 Å². The third kappa shape index (κ3) is 5.78. The van der Waals surface area contributed by atoms with Crippen LogP contribution in [0.1, 0.15) is 20.8 Å². The van der Waals surface area contributed by atoms with Crippen molar-refractivity contribution in [1.82, 2.24) is 0 Å². The molecule has 0 saturated heterocycles. The van der Waals surface area contributed by atoms with E-state index in [1.807, 2.05) is 6.08 Å². The minimum Gasteiger partial charge on any atom is -0.497 e.